The number of nitrogens with zero attached hydrogens (tertiary/aromatic N) is 2. The van der Waals surface area contributed by atoms with Crippen LogP contribution in [0, 0.1) is 0 Å². The van der Waals surface area contributed by atoms with Gasteiger partial charge in [-0.25, -0.2) is 4.99 Å². The minimum atomic E-state index is -1.12. The van der Waals surface area contributed by atoms with Crippen molar-refractivity contribution in [3.05, 3.63) is 34.9 Å². The molecule has 1 aliphatic carbocycles. The molecule has 0 spiro atoms. The van der Waals surface area contributed by atoms with E-state index < -0.39 is 5.60 Å². The first-order valence-electron chi connectivity index (χ1n) is 6.42. The molecule has 0 bridgehead atoms. The number of benzene rings is 1. The highest BCUT2D eigenvalue weighted by Gasteiger charge is 2.29. The molecule has 1 fully saturated rings. The molecule has 112 valence electrons. The predicted octanol–water partition coefficient (Wildman–Crippen LogP) is 2.57. The van der Waals surface area contributed by atoms with Gasteiger partial charge in [0.25, 0.3) is 0 Å². The van der Waals surface area contributed by atoms with Gasteiger partial charge in [-0.05, 0) is 25.8 Å². The van der Waals surface area contributed by atoms with E-state index in [2.05, 4.69) is 4.99 Å². The SMILES string of the molecule is CN(C(N)=NCC(C)(O)c1ccccc1Cl)C1CC1.I. The quantitative estimate of drug-likeness (QED) is 0.456. The number of hydrogen-bond donors (Lipinski definition) is 2. The minimum absolute atomic E-state index is 0. The average Bonchev–Trinajstić information content (AvgIpc) is 3.19. The van der Waals surface area contributed by atoms with Crippen molar-refractivity contribution in [3.8, 4) is 0 Å². The molecule has 3 N–H and O–H groups in total. The van der Waals surface area contributed by atoms with Gasteiger partial charge in [0.15, 0.2) is 5.96 Å². The molecule has 0 aromatic heterocycles. The van der Waals surface area contributed by atoms with Crippen LogP contribution in [0.4, 0.5) is 0 Å². The molecule has 0 aliphatic heterocycles. The summed E-state index contributed by atoms with van der Waals surface area (Å²) in [6.07, 6.45) is 2.32. The molecule has 0 radical (unpaired) electrons. The van der Waals surface area contributed by atoms with Gasteiger partial charge in [-0.15, -0.1) is 24.0 Å². The van der Waals surface area contributed by atoms with Crippen molar-refractivity contribution in [2.75, 3.05) is 13.6 Å². The zero-order valence-corrected chi connectivity index (χ0v) is 14.8. The highest BCUT2D eigenvalue weighted by atomic mass is 127. The summed E-state index contributed by atoms with van der Waals surface area (Å²) < 4.78 is 0. The Morgan fingerprint density at radius 3 is 2.65 bits per heavy atom. The maximum absolute atomic E-state index is 10.5. The second-order valence-corrected chi connectivity index (χ2v) is 5.68. The Kier molecular flexibility index (Phi) is 6.09. The van der Waals surface area contributed by atoms with Crippen molar-refractivity contribution in [2.45, 2.75) is 31.4 Å². The van der Waals surface area contributed by atoms with Crippen LogP contribution in [0.1, 0.15) is 25.3 Å². The Labute approximate surface area is 142 Å². The number of aliphatic hydroxyl groups is 1. The third-order valence-corrected chi connectivity index (χ3v) is 3.79. The lowest BCUT2D eigenvalue weighted by Gasteiger charge is -2.24. The third-order valence-electron chi connectivity index (χ3n) is 3.46. The molecular formula is C14H21ClIN3O. The maximum atomic E-state index is 10.5. The second kappa shape index (κ2) is 6.95. The number of rotatable bonds is 4. The lowest BCUT2D eigenvalue weighted by Crippen LogP contribution is -2.37. The average molecular weight is 410 g/mol. The van der Waals surface area contributed by atoms with Gasteiger partial charge in [0.1, 0.15) is 5.60 Å². The van der Waals surface area contributed by atoms with E-state index >= 15 is 0 Å². The van der Waals surface area contributed by atoms with Crippen molar-refractivity contribution in [1.82, 2.24) is 4.90 Å². The van der Waals surface area contributed by atoms with Crippen LogP contribution in [-0.4, -0.2) is 35.6 Å². The highest BCUT2D eigenvalue weighted by molar-refractivity contribution is 14.0. The van der Waals surface area contributed by atoms with Crippen molar-refractivity contribution in [1.29, 1.82) is 0 Å². The smallest absolute Gasteiger partial charge is 0.191 e. The van der Waals surface area contributed by atoms with Gasteiger partial charge in [-0.3, -0.25) is 0 Å². The Hall–Kier alpha value is -0.530. The summed E-state index contributed by atoms with van der Waals surface area (Å²) in [4.78, 5) is 6.25. The molecular weight excluding hydrogens is 389 g/mol. The molecule has 2 rings (SSSR count). The van der Waals surface area contributed by atoms with E-state index in [0.717, 1.165) is 12.8 Å². The van der Waals surface area contributed by atoms with Crippen LogP contribution in [0.3, 0.4) is 0 Å². The van der Waals surface area contributed by atoms with Gasteiger partial charge in [0, 0.05) is 23.7 Å². The maximum Gasteiger partial charge on any atom is 0.191 e. The van der Waals surface area contributed by atoms with E-state index in [9.17, 15) is 5.11 Å². The molecule has 20 heavy (non-hydrogen) atoms. The van der Waals surface area contributed by atoms with Gasteiger partial charge >= 0.3 is 0 Å². The third kappa shape index (κ3) is 4.23. The molecule has 1 atom stereocenters. The number of guanidine groups is 1. The standard InChI is InChI=1S/C14H20ClN3O.HI/c1-14(19,11-5-3-4-6-12(11)15)9-17-13(16)18(2)10-7-8-10;/h3-6,10,19H,7-9H2,1-2H3,(H2,16,17);1H. The van der Waals surface area contributed by atoms with Crippen LogP contribution < -0.4 is 5.73 Å². The largest absolute Gasteiger partial charge is 0.383 e. The molecule has 0 saturated heterocycles. The zero-order chi connectivity index (χ0) is 14.0. The van der Waals surface area contributed by atoms with Crippen molar-refractivity contribution in [3.63, 3.8) is 0 Å². The molecule has 1 aliphatic rings. The van der Waals surface area contributed by atoms with E-state index in [1.807, 2.05) is 24.1 Å². The Morgan fingerprint density at radius 2 is 2.10 bits per heavy atom. The van der Waals surface area contributed by atoms with Crippen LogP contribution in [0.25, 0.3) is 0 Å². The summed E-state index contributed by atoms with van der Waals surface area (Å²) >= 11 is 6.10. The topological polar surface area (TPSA) is 61.8 Å². The number of halogens is 2. The molecule has 4 nitrogen and oxygen atoms in total. The van der Waals surface area contributed by atoms with Gasteiger partial charge < -0.3 is 15.7 Å². The van der Waals surface area contributed by atoms with Crippen LogP contribution in [-0.2, 0) is 5.60 Å². The summed E-state index contributed by atoms with van der Waals surface area (Å²) in [5, 5.41) is 11.0. The first kappa shape index (κ1) is 17.5. The van der Waals surface area contributed by atoms with Crippen LogP contribution >= 0.6 is 35.6 Å². The first-order valence-corrected chi connectivity index (χ1v) is 6.80. The van der Waals surface area contributed by atoms with E-state index in [-0.39, 0.29) is 30.5 Å². The van der Waals surface area contributed by atoms with Crippen LogP contribution in [0.2, 0.25) is 5.02 Å². The van der Waals surface area contributed by atoms with Crippen LogP contribution in [0.15, 0.2) is 29.3 Å². The normalized spacial score (nSPS) is 18.1. The Balaban J connectivity index is 0.00000200. The minimum Gasteiger partial charge on any atom is -0.383 e. The second-order valence-electron chi connectivity index (χ2n) is 5.27. The fourth-order valence-corrected chi connectivity index (χ4v) is 2.32. The number of hydrogen-bond acceptors (Lipinski definition) is 2. The lowest BCUT2D eigenvalue weighted by atomic mass is 9.96. The fraction of sp³-hybridized carbons (Fsp3) is 0.500. The Bertz CT molecular complexity index is 489. The molecule has 1 saturated carbocycles. The summed E-state index contributed by atoms with van der Waals surface area (Å²) in [6, 6.07) is 7.75. The first-order chi connectivity index (χ1) is 8.92. The van der Waals surface area contributed by atoms with E-state index in [0.29, 0.717) is 22.6 Å². The summed E-state index contributed by atoms with van der Waals surface area (Å²) in [5.74, 6) is 0.467. The molecule has 1 aromatic rings. The van der Waals surface area contributed by atoms with Gasteiger partial charge in [0.2, 0.25) is 0 Å². The summed E-state index contributed by atoms with van der Waals surface area (Å²) in [6.45, 7) is 1.89. The monoisotopic (exact) mass is 409 g/mol. The van der Waals surface area contributed by atoms with Gasteiger partial charge in [0.05, 0.1) is 6.54 Å². The van der Waals surface area contributed by atoms with Gasteiger partial charge in [-0.1, -0.05) is 29.8 Å². The summed E-state index contributed by atoms with van der Waals surface area (Å²) in [7, 11) is 1.93. The highest BCUT2D eigenvalue weighted by Crippen LogP contribution is 2.28. The van der Waals surface area contributed by atoms with Crippen molar-refractivity contribution >= 4 is 41.5 Å². The molecule has 1 unspecified atom stereocenters. The van der Waals surface area contributed by atoms with Crippen molar-refractivity contribution < 1.29 is 5.11 Å². The van der Waals surface area contributed by atoms with E-state index in [1.165, 1.54) is 0 Å². The molecule has 6 heteroatoms. The number of aliphatic imine (C=N–C) groups is 1. The predicted molar refractivity (Wildman–Crippen MR) is 93.7 cm³/mol. The molecule has 0 heterocycles. The van der Waals surface area contributed by atoms with Crippen LogP contribution in [0.5, 0.6) is 0 Å². The zero-order valence-electron chi connectivity index (χ0n) is 11.7. The Morgan fingerprint density at radius 1 is 1.50 bits per heavy atom. The number of nitrogens with two attached hydrogens (primary N) is 1. The fourth-order valence-electron chi connectivity index (χ4n) is 1.98. The van der Waals surface area contributed by atoms with E-state index in [4.69, 9.17) is 17.3 Å². The van der Waals surface area contributed by atoms with Gasteiger partial charge in [-0.2, -0.15) is 0 Å². The lowest BCUT2D eigenvalue weighted by molar-refractivity contribution is 0.0672. The van der Waals surface area contributed by atoms with Crippen molar-refractivity contribution in [2.24, 2.45) is 10.7 Å². The summed E-state index contributed by atoms with van der Waals surface area (Å²) in [5.41, 5.74) is 5.46. The van der Waals surface area contributed by atoms with E-state index in [1.54, 1.807) is 19.1 Å². The molecule has 1 aromatic carbocycles. The molecule has 0 amide bonds.